The number of imidazole rings is 2. The summed E-state index contributed by atoms with van der Waals surface area (Å²) in [5.41, 5.74) is 22.2. The Labute approximate surface area is 349 Å². The van der Waals surface area contributed by atoms with Gasteiger partial charge in [0.25, 0.3) is 0 Å². The highest BCUT2D eigenvalue weighted by Crippen LogP contribution is 2.64. The number of rotatable bonds is 15. The van der Waals surface area contributed by atoms with Crippen LogP contribution in [0.15, 0.2) is 54.7 Å². The van der Waals surface area contributed by atoms with Crippen molar-refractivity contribution in [2.24, 2.45) is 5.11 Å². The summed E-state index contributed by atoms with van der Waals surface area (Å²) in [7, 11) is -3.38. The van der Waals surface area contributed by atoms with E-state index >= 15 is 4.39 Å². The summed E-state index contributed by atoms with van der Waals surface area (Å²) >= 11 is 0.905. The highest BCUT2D eigenvalue weighted by Gasteiger charge is 2.51. The van der Waals surface area contributed by atoms with Crippen molar-refractivity contribution >= 4 is 60.4 Å². The van der Waals surface area contributed by atoms with Gasteiger partial charge in [0.2, 0.25) is 0 Å². The molecule has 61 heavy (non-hydrogen) atoms. The number of fused-ring (bicyclic) bond motifs is 4. The van der Waals surface area contributed by atoms with Crippen molar-refractivity contribution in [1.82, 2.24) is 39.0 Å². The molecule has 28 heteroatoms. The Hall–Kier alpha value is -4.55. The molecule has 1 unspecified atom stereocenters. The Morgan fingerprint density at radius 2 is 1.59 bits per heavy atom. The Morgan fingerprint density at radius 3 is 2.33 bits per heavy atom. The van der Waals surface area contributed by atoms with Gasteiger partial charge in [-0.3, -0.25) is 22.7 Å². The van der Waals surface area contributed by atoms with Gasteiger partial charge in [0, 0.05) is 23.6 Å². The van der Waals surface area contributed by atoms with Gasteiger partial charge in [0.1, 0.15) is 66.7 Å². The monoisotopic (exact) mass is 907 g/mol. The number of nitrogens with zero attached hydrogens (tertiary/aromatic N) is 11. The van der Waals surface area contributed by atoms with Crippen LogP contribution >= 0.6 is 26.4 Å². The first-order chi connectivity index (χ1) is 29.7. The molecule has 9 atom stereocenters. The predicted molar refractivity (Wildman–Crippen MR) is 214 cm³/mol. The van der Waals surface area contributed by atoms with Gasteiger partial charge in [0.15, 0.2) is 35.3 Å². The molecule has 4 N–H and O–H groups in total. The zero-order valence-electron chi connectivity index (χ0n) is 32.0. The van der Waals surface area contributed by atoms with Gasteiger partial charge in [0.05, 0.1) is 52.3 Å². The maximum atomic E-state index is 16.4. The molecular weight excluding hydrogens is 867 g/mol. The van der Waals surface area contributed by atoms with E-state index in [1.807, 2.05) is 0 Å². The molecule has 326 valence electrons. The number of nitrogen functional groups attached to an aromatic ring is 2. The summed E-state index contributed by atoms with van der Waals surface area (Å²) in [6.45, 7) is -3.11. The van der Waals surface area contributed by atoms with Crippen molar-refractivity contribution in [3.05, 3.63) is 65.6 Å². The normalized spacial score (nSPS) is 28.1. The minimum absolute atomic E-state index is 0.0806. The van der Waals surface area contributed by atoms with Crippen molar-refractivity contribution in [3.63, 3.8) is 0 Å². The lowest BCUT2D eigenvalue weighted by atomic mass is 10.1. The van der Waals surface area contributed by atoms with Crippen LogP contribution in [0.25, 0.3) is 32.8 Å². The Bertz CT molecular complexity index is 2420. The second-order valence-corrected chi connectivity index (χ2v) is 18.6. The number of azide groups is 1. The van der Waals surface area contributed by atoms with E-state index in [1.54, 1.807) is 28.8 Å². The van der Waals surface area contributed by atoms with Crippen molar-refractivity contribution in [3.8, 4) is 5.75 Å². The molecule has 5 aromatic rings. The van der Waals surface area contributed by atoms with Crippen molar-refractivity contribution < 1.29 is 55.3 Å². The quantitative estimate of drug-likeness (QED) is 0.0485. The predicted octanol–water partition coefficient (Wildman–Crippen LogP) is 4.32. The fraction of sp³-hybridized carbons (Fsp3) is 0.515. The van der Waals surface area contributed by atoms with E-state index in [1.165, 1.54) is 29.9 Å². The molecule has 1 aromatic carbocycles. The van der Waals surface area contributed by atoms with Gasteiger partial charge in [-0.05, 0) is 34.6 Å². The largest absolute Gasteiger partial charge is 0.491 e. The Balaban J connectivity index is 0.968. The van der Waals surface area contributed by atoms with Crippen LogP contribution in [0.1, 0.15) is 24.4 Å². The summed E-state index contributed by atoms with van der Waals surface area (Å²) in [6.07, 6.45) is -3.29. The van der Waals surface area contributed by atoms with Crippen molar-refractivity contribution in [1.29, 1.82) is 0 Å². The number of benzene rings is 1. The number of nitrogens with two attached hydrogens (primary N) is 2. The van der Waals surface area contributed by atoms with E-state index in [0.717, 1.165) is 16.9 Å². The average Bonchev–Trinajstić information content (AvgIpc) is 4.05. The molecule has 0 bridgehead atoms. The highest BCUT2D eigenvalue weighted by atomic mass is 32.7. The van der Waals surface area contributed by atoms with Gasteiger partial charge in [-0.1, -0.05) is 17.2 Å². The lowest BCUT2D eigenvalue weighted by molar-refractivity contribution is -0.0535. The molecule has 3 saturated heterocycles. The summed E-state index contributed by atoms with van der Waals surface area (Å²) in [5.74, 6) is 1.00. The van der Waals surface area contributed by atoms with Crippen LogP contribution in [0.5, 0.6) is 5.75 Å². The topological polar surface area (TPSA) is 305 Å². The van der Waals surface area contributed by atoms with Crippen LogP contribution in [-0.4, -0.2) is 122 Å². The second kappa shape index (κ2) is 19.7. The maximum absolute atomic E-state index is 16.4. The first kappa shape index (κ1) is 43.1. The minimum atomic E-state index is -4.17. The maximum Gasteiger partial charge on any atom is 0.389 e. The fourth-order valence-corrected chi connectivity index (χ4v) is 11.0. The molecule has 3 fully saturated rings. The zero-order chi connectivity index (χ0) is 42.3. The Kier molecular flexibility index (Phi) is 13.9. The molecule has 3 aliphatic rings. The fourth-order valence-electron chi connectivity index (χ4n) is 6.71. The summed E-state index contributed by atoms with van der Waals surface area (Å²) in [4.78, 5) is 27.6. The molecule has 0 amide bonds. The average molecular weight is 908 g/mol. The van der Waals surface area contributed by atoms with Gasteiger partial charge in [-0.2, -0.15) is 0 Å². The van der Waals surface area contributed by atoms with Gasteiger partial charge >= 0.3 is 15.1 Å². The minimum Gasteiger partial charge on any atom is -0.491 e. The number of hydrogen-bond donors (Lipinski definition) is 2. The molecule has 0 saturated carbocycles. The molecule has 0 aliphatic carbocycles. The Morgan fingerprint density at radius 1 is 0.902 bits per heavy atom. The third-order valence-electron chi connectivity index (χ3n) is 9.65. The smallest absolute Gasteiger partial charge is 0.389 e. The van der Waals surface area contributed by atoms with Crippen molar-refractivity contribution in [2.45, 2.75) is 55.2 Å². The number of anilines is 2. The van der Waals surface area contributed by atoms with Crippen LogP contribution in [0, 0.1) is 0 Å². The number of aromatic nitrogens is 8. The molecule has 0 spiro atoms. The van der Waals surface area contributed by atoms with Crippen LogP contribution in [-0.2, 0) is 51.9 Å². The van der Waals surface area contributed by atoms with Gasteiger partial charge < -0.3 is 44.2 Å². The number of halogens is 1. The first-order valence-corrected chi connectivity index (χ1v) is 23.2. The summed E-state index contributed by atoms with van der Waals surface area (Å²) in [5, 5.41) is 3.40. The number of hydrogen-bond acceptors (Lipinski definition) is 21. The van der Waals surface area contributed by atoms with E-state index in [0.29, 0.717) is 43.3 Å². The first-order valence-electron chi connectivity index (χ1n) is 18.8. The second-order valence-electron chi connectivity index (χ2n) is 13.5. The number of ether oxygens (including phenoxy) is 5. The molecule has 0 radical (unpaired) electrons. The van der Waals surface area contributed by atoms with Crippen LogP contribution in [0.3, 0.4) is 0 Å². The number of alkyl halides is 1. The lowest BCUT2D eigenvalue weighted by Gasteiger charge is -2.27. The molecule has 3 aliphatic heterocycles. The standard InChI is InChI=1S/C33H40FN13O11P2S/c34-25-28-23(56-33(25)47-18-43-27-30(36)39-16-41-32(27)47)13-54-60(49,61-14-19-1-3-20(4-2-19)52-10-9-51-8-7-50-6-5-44-45-37)58-21-11-24(55-22(21)12-53-59(48)57-28)46-17-42-26-29(35)38-15-40-31(26)46/h1-4,15-18,21-25,28,33,59H,5-14H2,(H2,35,38,40)(H2,36,39,41)/t21-,22+,23+,24+,25+,28+,33+,60-/m0/s1. The van der Waals surface area contributed by atoms with Crippen LogP contribution < -0.4 is 16.2 Å². The molecule has 8 rings (SSSR count). The zero-order valence-corrected chi connectivity index (χ0v) is 34.7. The van der Waals surface area contributed by atoms with Gasteiger partial charge in [-0.25, -0.2) is 38.9 Å². The highest BCUT2D eigenvalue weighted by molar-refractivity contribution is 8.54. The summed E-state index contributed by atoms with van der Waals surface area (Å²) in [6, 6.07) is 7.13. The molecule has 24 nitrogen and oxygen atoms in total. The van der Waals surface area contributed by atoms with Crippen molar-refractivity contribution in [2.75, 3.05) is 64.3 Å². The third kappa shape index (κ3) is 10.1. The van der Waals surface area contributed by atoms with Crippen LogP contribution in [0.2, 0.25) is 0 Å². The molecular formula is C33H40FN13O11P2S. The van der Waals surface area contributed by atoms with Gasteiger partial charge in [-0.15, -0.1) is 0 Å². The van der Waals surface area contributed by atoms with E-state index < -0.39 is 64.7 Å². The van der Waals surface area contributed by atoms with E-state index in [-0.39, 0.29) is 54.7 Å². The molecule has 7 heterocycles. The van der Waals surface area contributed by atoms with E-state index in [2.05, 4.69) is 39.9 Å². The molecule has 4 aromatic heterocycles. The van der Waals surface area contributed by atoms with Crippen LogP contribution in [0.4, 0.5) is 16.0 Å². The SMILES string of the molecule is [N-]=[N+]=NCCOCCOCCOc1ccc(CS[P@@]2(=O)OC[C@H]3O[C@@H](n4cnc5c(N)ncnc54)[C@H](F)[C@@H]3O[PH](=O)OC[C@H]3O[C@@H](n4cnc5c(N)ncnc54)C[C@@H]3O2)cc1. The van der Waals surface area contributed by atoms with E-state index in [4.69, 9.17) is 58.8 Å². The third-order valence-corrected chi connectivity index (χ3v) is 14.2. The summed E-state index contributed by atoms with van der Waals surface area (Å²) < 4.78 is 100. The van der Waals surface area contributed by atoms with E-state index in [9.17, 15) is 9.13 Å². The lowest BCUT2D eigenvalue weighted by Crippen LogP contribution is -2.34.